The lowest BCUT2D eigenvalue weighted by atomic mass is 9.97. The van der Waals surface area contributed by atoms with Crippen LogP contribution in [-0.4, -0.2) is 64.9 Å². The molecule has 1 N–H and O–H groups in total. The lowest BCUT2D eigenvalue weighted by Crippen LogP contribution is -2.67. The molecule has 0 radical (unpaired) electrons. The highest BCUT2D eigenvalue weighted by atomic mass is 32.2. The standard InChI is InChI=1S/C32H34N2O7S/c1-3-42-32-27(33-34-30(36)24-16-10-11-17-25(24)31(34)37)29(39-19-23-14-8-5-9-15-23)28(40-21(2)35)26(41-32)20-38-18-22-12-6-4-7-13-22/h4-17,26-29,32-33H,3,18-20H2,1-2H3/t26-,27-,28-,29-,32+/m1/s1. The number of carbonyl (C=O) groups is 3. The van der Waals surface area contributed by atoms with E-state index >= 15 is 0 Å². The Morgan fingerprint density at radius 3 is 2.00 bits per heavy atom. The van der Waals surface area contributed by atoms with Crippen LogP contribution in [-0.2, 0) is 37.0 Å². The molecule has 1 saturated heterocycles. The number of hydrogen-bond donors (Lipinski definition) is 1. The summed E-state index contributed by atoms with van der Waals surface area (Å²) in [5.41, 5.74) is 5.11. The Labute approximate surface area is 249 Å². The first-order chi connectivity index (χ1) is 20.5. The quantitative estimate of drug-likeness (QED) is 0.243. The van der Waals surface area contributed by atoms with Crippen molar-refractivity contribution in [1.29, 1.82) is 0 Å². The van der Waals surface area contributed by atoms with Gasteiger partial charge in [0.1, 0.15) is 17.6 Å². The fourth-order valence-corrected chi connectivity index (χ4v) is 6.08. The highest BCUT2D eigenvalue weighted by Crippen LogP contribution is 2.34. The molecule has 2 aliphatic rings. The average Bonchev–Trinajstić information content (AvgIpc) is 3.24. The van der Waals surface area contributed by atoms with Crippen molar-refractivity contribution >= 4 is 29.5 Å². The molecule has 0 aliphatic carbocycles. The second kappa shape index (κ2) is 14.1. The maximum atomic E-state index is 13.3. The Balaban J connectivity index is 1.43. The Kier molecular flexibility index (Phi) is 10.0. The first-order valence-electron chi connectivity index (χ1n) is 13.9. The number of carbonyl (C=O) groups excluding carboxylic acids is 3. The normalized spacial score (nSPS) is 23.6. The predicted octanol–water partition coefficient (Wildman–Crippen LogP) is 4.37. The van der Waals surface area contributed by atoms with Gasteiger partial charge in [-0.15, -0.1) is 11.8 Å². The molecule has 5 rings (SSSR count). The van der Waals surface area contributed by atoms with Gasteiger partial charge >= 0.3 is 5.97 Å². The molecule has 0 unspecified atom stereocenters. The van der Waals surface area contributed by atoms with Gasteiger partial charge in [0.25, 0.3) is 11.8 Å². The van der Waals surface area contributed by atoms with Gasteiger partial charge in [-0.05, 0) is 29.0 Å². The minimum Gasteiger partial charge on any atom is -0.457 e. The molecule has 5 atom stereocenters. The summed E-state index contributed by atoms with van der Waals surface area (Å²) in [6, 6.07) is 25.3. The van der Waals surface area contributed by atoms with Gasteiger partial charge in [0.15, 0.2) is 6.10 Å². The lowest BCUT2D eigenvalue weighted by molar-refractivity contribution is -0.216. The number of ether oxygens (including phenoxy) is 4. The van der Waals surface area contributed by atoms with Gasteiger partial charge in [-0.1, -0.05) is 79.7 Å². The number of amides is 2. The van der Waals surface area contributed by atoms with Gasteiger partial charge in [-0.2, -0.15) is 0 Å². The summed E-state index contributed by atoms with van der Waals surface area (Å²) in [6.45, 7) is 4.02. The van der Waals surface area contributed by atoms with E-state index in [4.69, 9.17) is 18.9 Å². The number of fused-ring (bicyclic) bond motifs is 1. The smallest absolute Gasteiger partial charge is 0.303 e. The number of rotatable bonds is 12. The first kappa shape index (κ1) is 29.9. The number of nitrogens with one attached hydrogen (secondary N) is 1. The summed E-state index contributed by atoms with van der Waals surface area (Å²) in [7, 11) is 0. The van der Waals surface area contributed by atoms with E-state index < -0.39 is 47.6 Å². The zero-order valence-electron chi connectivity index (χ0n) is 23.5. The van der Waals surface area contributed by atoms with E-state index in [1.807, 2.05) is 67.6 Å². The zero-order valence-corrected chi connectivity index (χ0v) is 24.3. The average molecular weight is 591 g/mol. The number of imide groups is 1. The van der Waals surface area contributed by atoms with E-state index in [0.717, 1.165) is 16.1 Å². The minimum absolute atomic E-state index is 0.137. The molecule has 2 heterocycles. The van der Waals surface area contributed by atoms with Gasteiger partial charge < -0.3 is 18.9 Å². The largest absolute Gasteiger partial charge is 0.457 e. The van der Waals surface area contributed by atoms with Crippen molar-refractivity contribution in [2.75, 3.05) is 12.4 Å². The second-order valence-electron chi connectivity index (χ2n) is 9.98. The van der Waals surface area contributed by atoms with Gasteiger partial charge in [0, 0.05) is 6.92 Å². The van der Waals surface area contributed by atoms with Crippen LogP contribution in [0.1, 0.15) is 45.7 Å². The van der Waals surface area contributed by atoms with E-state index in [-0.39, 0.29) is 13.2 Å². The van der Waals surface area contributed by atoms with Crippen LogP contribution in [0.15, 0.2) is 84.9 Å². The Morgan fingerprint density at radius 1 is 0.857 bits per heavy atom. The van der Waals surface area contributed by atoms with E-state index in [1.165, 1.54) is 18.7 Å². The summed E-state index contributed by atoms with van der Waals surface area (Å²) in [4.78, 5) is 38.9. The molecule has 2 amide bonds. The fourth-order valence-electron chi connectivity index (χ4n) is 5.10. The van der Waals surface area contributed by atoms with Crippen LogP contribution in [0.3, 0.4) is 0 Å². The maximum Gasteiger partial charge on any atom is 0.303 e. The molecule has 0 aromatic heterocycles. The molecule has 0 saturated carbocycles. The van der Waals surface area contributed by atoms with Crippen LogP contribution in [0.2, 0.25) is 0 Å². The first-order valence-corrected chi connectivity index (χ1v) is 15.0. The fraction of sp³-hybridized carbons (Fsp3) is 0.344. The molecule has 10 heteroatoms. The zero-order chi connectivity index (χ0) is 29.5. The van der Waals surface area contributed by atoms with E-state index in [2.05, 4.69) is 5.43 Å². The SMILES string of the molecule is CCS[C@@H]1O[C@H](COCc2ccccc2)[C@@H](OC(C)=O)[C@H](OCc2ccccc2)[C@H]1NN1C(=O)c2ccccc2C1=O. The van der Waals surface area contributed by atoms with Crippen molar-refractivity contribution in [2.24, 2.45) is 0 Å². The van der Waals surface area contributed by atoms with Crippen LogP contribution < -0.4 is 5.43 Å². The topological polar surface area (TPSA) is 103 Å². The van der Waals surface area contributed by atoms with Gasteiger partial charge in [0.05, 0.1) is 37.0 Å². The van der Waals surface area contributed by atoms with Crippen molar-refractivity contribution < 1.29 is 33.3 Å². The van der Waals surface area contributed by atoms with Crippen molar-refractivity contribution in [3.63, 3.8) is 0 Å². The van der Waals surface area contributed by atoms with Crippen molar-refractivity contribution in [2.45, 2.75) is 56.9 Å². The van der Waals surface area contributed by atoms with Crippen molar-refractivity contribution in [1.82, 2.24) is 10.4 Å². The summed E-state index contributed by atoms with van der Waals surface area (Å²) in [5, 5.41) is 1.01. The number of esters is 1. The number of benzene rings is 3. The van der Waals surface area contributed by atoms with E-state index in [9.17, 15) is 14.4 Å². The third-order valence-electron chi connectivity index (χ3n) is 7.03. The highest BCUT2D eigenvalue weighted by Gasteiger charge is 2.51. The molecule has 0 spiro atoms. The van der Waals surface area contributed by atoms with Gasteiger partial charge in [-0.3, -0.25) is 14.4 Å². The van der Waals surface area contributed by atoms with Crippen molar-refractivity contribution in [3.05, 3.63) is 107 Å². The van der Waals surface area contributed by atoms with Crippen LogP contribution in [0.5, 0.6) is 0 Å². The molecule has 3 aromatic carbocycles. The molecule has 0 bridgehead atoms. The van der Waals surface area contributed by atoms with E-state index in [1.54, 1.807) is 24.3 Å². The molecule has 3 aromatic rings. The number of hydrogen-bond acceptors (Lipinski definition) is 9. The van der Waals surface area contributed by atoms with Gasteiger partial charge in [-0.25, -0.2) is 10.4 Å². The monoisotopic (exact) mass is 590 g/mol. The summed E-state index contributed by atoms with van der Waals surface area (Å²) >= 11 is 1.50. The molecule has 1 fully saturated rings. The molecule has 2 aliphatic heterocycles. The molecule has 9 nitrogen and oxygen atoms in total. The summed E-state index contributed by atoms with van der Waals surface area (Å²) < 4.78 is 24.9. The number of nitrogens with zero attached hydrogens (tertiary/aromatic N) is 1. The molecule has 220 valence electrons. The highest BCUT2D eigenvalue weighted by molar-refractivity contribution is 7.99. The number of thioether (sulfide) groups is 1. The Bertz CT molecular complexity index is 1340. The van der Waals surface area contributed by atoms with Crippen LogP contribution in [0, 0.1) is 0 Å². The number of hydrazine groups is 1. The Hall–Kier alpha value is -3.54. The van der Waals surface area contributed by atoms with Crippen LogP contribution >= 0.6 is 11.8 Å². The van der Waals surface area contributed by atoms with Crippen molar-refractivity contribution in [3.8, 4) is 0 Å². The van der Waals surface area contributed by atoms with Crippen LogP contribution in [0.25, 0.3) is 0 Å². The molecular weight excluding hydrogens is 556 g/mol. The third-order valence-corrected chi connectivity index (χ3v) is 8.10. The maximum absolute atomic E-state index is 13.3. The Morgan fingerprint density at radius 2 is 1.43 bits per heavy atom. The third kappa shape index (κ3) is 6.91. The van der Waals surface area contributed by atoms with Gasteiger partial charge in [0.2, 0.25) is 0 Å². The second-order valence-corrected chi connectivity index (χ2v) is 11.4. The molecule has 42 heavy (non-hydrogen) atoms. The van der Waals surface area contributed by atoms with Crippen LogP contribution in [0.4, 0.5) is 0 Å². The summed E-state index contributed by atoms with van der Waals surface area (Å²) in [6.07, 6.45) is -2.34. The van der Waals surface area contributed by atoms with E-state index in [0.29, 0.717) is 23.5 Å². The predicted molar refractivity (Wildman–Crippen MR) is 157 cm³/mol. The lowest BCUT2D eigenvalue weighted by Gasteiger charge is -2.46. The molecular formula is C32H34N2O7S. The summed E-state index contributed by atoms with van der Waals surface area (Å²) in [5.74, 6) is -0.747. The minimum atomic E-state index is -0.886.